The van der Waals surface area contributed by atoms with Gasteiger partial charge >= 0.3 is 0 Å². The molecule has 0 rings (SSSR count). The lowest BCUT2D eigenvalue weighted by Gasteiger charge is -2.18. The summed E-state index contributed by atoms with van der Waals surface area (Å²) >= 11 is 0. The maximum Gasteiger partial charge on any atom is 0.217 e. The number of hydrogen-bond acceptors (Lipinski definition) is 2. The summed E-state index contributed by atoms with van der Waals surface area (Å²) in [6.45, 7) is 7.52. The number of Topliss-reactive ketones (excluding diaryl/α,β-unsaturated/α-hetero) is 1. The summed E-state index contributed by atoms with van der Waals surface area (Å²) in [6.07, 6.45) is 1.88. The van der Waals surface area contributed by atoms with Gasteiger partial charge in [0, 0.05) is 25.8 Å². The number of rotatable bonds is 6. The molecule has 0 fully saturated rings. The third-order valence-corrected chi connectivity index (χ3v) is 2.03. The fourth-order valence-electron chi connectivity index (χ4n) is 1.47. The molecule has 0 saturated heterocycles. The molecule has 82 valence electrons. The van der Waals surface area contributed by atoms with E-state index in [9.17, 15) is 9.59 Å². The molecular weight excluding hydrogens is 178 g/mol. The Labute approximate surface area is 86.3 Å². The van der Waals surface area contributed by atoms with Crippen LogP contribution < -0.4 is 5.32 Å². The van der Waals surface area contributed by atoms with Crippen molar-refractivity contribution in [1.29, 1.82) is 0 Å². The van der Waals surface area contributed by atoms with Gasteiger partial charge in [-0.15, -0.1) is 0 Å². The van der Waals surface area contributed by atoms with Crippen LogP contribution in [-0.4, -0.2) is 17.7 Å². The number of nitrogens with one attached hydrogen (secondary N) is 1. The molecule has 0 aromatic rings. The van der Waals surface area contributed by atoms with Crippen molar-refractivity contribution in [3.8, 4) is 0 Å². The first kappa shape index (κ1) is 13.1. The molecule has 0 aliphatic carbocycles. The van der Waals surface area contributed by atoms with Crippen molar-refractivity contribution in [1.82, 2.24) is 5.32 Å². The first-order chi connectivity index (χ1) is 6.45. The third-order valence-electron chi connectivity index (χ3n) is 2.03. The molecule has 0 radical (unpaired) electrons. The van der Waals surface area contributed by atoms with Crippen molar-refractivity contribution in [2.75, 3.05) is 0 Å². The molecular formula is C11H21NO2. The van der Waals surface area contributed by atoms with E-state index >= 15 is 0 Å². The van der Waals surface area contributed by atoms with Gasteiger partial charge in [-0.25, -0.2) is 0 Å². The number of carbonyl (C=O) groups is 2. The van der Waals surface area contributed by atoms with Crippen LogP contribution in [0.2, 0.25) is 0 Å². The molecule has 1 N–H and O–H groups in total. The summed E-state index contributed by atoms with van der Waals surface area (Å²) in [4.78, 5) is 22.1. The highest BCUT2D eigenvalue weighted by Crippen LogP contribution is 2.09. The topological polar surface area (TPSA) is 46.2 Å². The predicted molar refractivity (Wildman–Crippen MR) is 57.0 cm³/mol. The Kier molecular flexibility index (Phi) is 6.17. The zero-order chi connectivity index (χ0) is 11.1. The molecule has 14 heavy (non-hydrogen) atoms. The average molecular weight is 199 g/mol. The summed E-state index contributed by atoms with van der Waals surface area (Å²) in [5, 5.41) is 2.82. The van der Waals surface area contributed by atoms with E-state index in [1.54, 1.807) is 0 Å². The highest BCUT2D eigenvalue weighted by Gasteiger charge is 2.14. The molecule has 1 atom stereocenters. The zero-order valence-corrected chi connectivity index (χ0v) is 9.59. The van der Waals surface area contributed by atoms with Gasteiger partial charge in [-0.3, -0.25) is 9.59 Å². The smallest absolute Gasteiger partial charge is 0.217 e. The molecule has 0 spiro atoms. The summed E-state index contributed by atoms with van der Waals surface area (Å²) in [6, 6.07) is 0.0138. The number of ketones is 1. The minimum Gasteiger partial charge on any atom is -0.353 e. The highest BCUT2D eigenvalue weighted by atomic mass is 16.1. The second-order valence-electron chi connectivity index (χ2n) is 4.12. The Hall–Kier alpha value is -0.860. The van der Waals surface area contributed by atoms with Crippen LogP contribution in [-0.2, 0) is 9.59 Å². The van der Waals surface area contributed by atoms with Crippen molar-refractivity contribution in [3.05, 3.63) is 0 Å². The van der Waals surface area contributed by atoms with Crippen molar-refractivity contribution >= 4 is 11.7 Å². The van der Waals surface area contributed by atoms with Crippen molar-refractivity contribution in [2.45, 2.75) is 53.0 Å². The second-order valence-corrected chi connectivity index (χ2v) is 4.12. The fourth-order valence-corrected chi connectivity index (χ4v) is 1.47. The molecule has 3 heteroatoms. The lowest BCUT2D eigenvalue weighted by Crippen LogP contribution is -2.35. The number of hydrogen-bond donors (Lipinski definition) is 1. The van der Waals surface area contributed by atoms with Gasteiger partial charge in [-0.1, -0.05) is 20.8 Å². The van der Waals surface area contributed by atoms with E-state index in [1.807, 2.05) is 6.92 Å². The fraction of sp³-hybridized carbons (Fsp3) is 0.818. The average Bonchev–Trinajstić information content (AvgIpc) is 2.01. The summed E-state index contributed by atoms with van der Waals surface area (Å²) in [7, 11) is 0. The van der Waals surface area contributed by atoms with E-state index in [-0.39, 0.29) is 17.7 Å². The molecule has 0 bridgehead atoms. The SMILES string of the molecule is CCC(=O)C[C@@H](CC(C)C)NC(C)=O. The molecule has 0 heterocycles. The van der Waals surface area contributed by atoms with Gasteiger partial charge in [-0.05, 0) is 12.3 Å². The normalized spacial score (nSPS) is 12.6. The van der Waals surface area contributed by atoms with Crippen LogP contribution in [0.15, 0.2) is 0 Å². The first-order valence-corrected chi connectivity index (χ1v) is 5.24. The van der Waals surface area contributed by atoms with E-state index < -0.39 is 0 Å². The molecule has 0 aromatic carbocycles. The molecule has 0 aliphatic rings. The van der Waals surface area contributed by atoms with Crippen LogP contribution in [0.4, 0.5) is 0 Å². The van der Waals surface area contributed by atoms with Gasteiger partial charge in [0.15, 0.2) is 0 Å². The van der Waals surface area contributed by atoms with E-state index in [0.717, 1.165) is 6.42 Å². The van der Waals surface area contributed by atoms with E-state index in [0.29, 0.717) is 18.8 Å². The van der Waals surface area contributed by atoms with Gasteiger partial charge in [0.05, 0.1) is 0 Å². The van der Waals surface area contributed by atoms with Crippen LogP contribution in [0.5, 0.6) is 0 Å². The van der Waals surface area contributed by atoms with Crippen molar-refractivity contribution in [2.24, 2.45) is 5.92 Å². The van der Waals surface area contributed by atoms with Crippen molar-refractivity contribution < 1.29 is 9.59 Å². The van der Waals surface area contributed by atoms with Crippen LogP contribution >= 0.6 is 0 Å². The maximum absolute atomic E-state index is 11.2. The Morgan fingerprint density at radius 3 is 2.21 bits per heavy atom. The maximum atomic E-state index is 11.2. The van der Waals surface area contributed by atoms with Gasteiger partial charge in [0.2, 0.25) is 5.91 Å². The van der Waals surface area contributed by atoms with E-state index in [2.05, 4.69) is 19.2 Å². The van der Waals surface area contributed by atoms with Crippen LogP contribution in [0.25, 0.3) is 0 Å². The van der Waals surface area contributed by atoms with Crippen LogP contribution in [0.1, 0.15) is 47.0 Å². The van der Waals surface area contributed by atoms with Crippen LogP contribution in [0, 0.1) is 5.92 Å². The van der Waals surface area contributed by atoms with E-state index in [1.165, 1.54) is 6.92 Å². The number of carbonyl (C=O) groups excluding carboxylic acids is 2. The highest BCUT2D eigenvalue weighted by molar-refractivity contribution is 5.80. The minimum atomic E-state index is -0.0560. The monoisotopic (exact) mass is 199 g/mol. The largest absolute Gasteiger partial charge is 0.353 e. The molecule has 0 saturated carbocycles. The Morgan fingerprint density at radius 1 is 1.29 bits per heavy atom. The molecule has 0 aromatic heterocycles. The van der Waals surface area contributed by atoms with Crippen molar-refractivity contribution in [3.63, 3.8) is 0 Å². The first-order valence-electron chi connectivity index (χ1n) is 5.24. The standard InChI is InChI=1S/C11H21NO2/c1-5-11(14)7-10(6-8(2)3)12-9(4)13/h8,10H,5-7H2,1-4H3,(H,12,13)/t10-/m1/s1. The van der Waals surface area contributed by atoms with Gasteiger partial charge in [0.1, 0.15) is 5.78 Å². The van der Waals surface area contributed by atoms with E-state index in [4.69, 9.17) is 0 Å². The summed E-state index contributed by atoms with van der Waals surface area (Å²) in [5.41, 5.74) is 0. The molecule has 0 aliphatic heterocycles. The zero-order valence-electron chi connectivity index (χ0n) is 9.59. The molecule has 3 nitrogen and oxygen atoms in total. The lowest BCUT2D eigenvalue weighted by atomic mass is 9.98. The summed E-state index contributed by atoms with van der Waals surface area (Å²) in [5.74, 6) is 0.653. The molecule has 0 unspecified atom stereocenters. The number of amides is 1. The quantitative estimate of drug-likeness (QED) is 0.710. The van der Waals surface area contributed by atoms with Gasteiger partial charge < -0.3 is 5.32 Å². The van der Waals surface area contributed by atoms with Crippen LogP contribution in [0.3, 0.4) is 0 Å². The Morgan fingerprint density at radius 2 is 1.86 bits per heavy atom. The predicted octanol–water partition coefficient (Wildman–Crippen LogP) is 1.91. The second kappa shape index (κ2) is 6.57. The molecule has 1 amide bonds. The Bertz CT molecular complexity index is 199. The third kappa shape index (κ3) is 6.63. The van der Waals surface area contributed by atoms with Gasteiger partial charge in [0.25, 0.3) is 0 Å². The summed E-state index contributed by atoms with van der Waals surface area (Å²) < 4.78 is 0. The minimum absolute atomic E-state index is 0.0138. The lowest BCUT2D eigenvalue weighted by molar-refractivity contribution is -0.121. The van der Waals surface area contributed by atoms with Gasteiger partial charge in [-0.2, -0.15) is 0 Å². The Balaban J connectivity index is 4.09.